The van der Waals surface area contributed by atoms with Gasteiger partial charge in [-0.05, 0) is 37.3 Å². The van der Waals surface area contributed by atoms with Gasteiger partial charge < -0.3 is 5.11 Å². The lowest BCUT2D eigenvalue weighted by Gasteiger charge is -2.08. The first kappa shape index (κ1) is 15.1. The van der Waals surface area contributed by atoms with Gasteiger partial charge in [0.1, 0.15) is 0 Å². The zero-order valence-electron chi connectivity index (χ0n) is 10.7. The number of hydrogen-bond donors (Lipinski definition) is 2. The number of aliphatic hydroxyl groups excluding tert-OH is 1. The van der Waals surface area contributed by atoms with Crippen LogP contribution in [0.1, 0.15) is 24.0 Å². The molecule has 0 aliphatic carbocycles. The molecule has 1 aromatic carbocycles. The van der Waals surface area contributed by atoms with E-state index in [0.29, 0.717) is 25.8 Å². The average Bonchev–Trinajstić information content (AvgIpc) is 2.32. The van der Waals surface area contributed by atoms with E-state index in [4.69, 9.17) is 5.11 Å². The quantitative estimate of drug-likeness (QED) is 0.699. The first-order chi connectivity index (χ1) is 8.55. The van der Waals surface area contributed by atoms with Crippen LogP contribution in [0.4, 0.5) is 0 Å². The molecule has 0 heterocycles. The lowest BCUT2D eigenvalue weighted by molar-refractivity contribution is 0.287. The minimum atomic E-state index is -3.20. The van der Waals surface area contributed by atoms with E-state index >= 15 is 0 Å². The van der Waals surface area contributed by atoms with Gasteiger partial charge in [-0.3, -0.25) is 0 Å². The molecule has 0 amide bonds. The first-order valence-corrected chi connectivity index (χ1v) is 7.83. The molecular formula is C13H21NO3S. The van der Waals surface area contributed by atoms with Crippen LogP contribution in [0, 0.1) is 6.92 Å². The van der Waals surface area contributed by atoms with Gasteiger partial charge in [-0.15, -0.1) is 0 Å². The molecule has 0 radical (unpaired) electrons. The molecule has 0 atom stereocenters. The fourth-order valence-electron chi connectivity index (χ4n) is 1.71. The molecule has 18 heavy (non-hydrogen) atoms. The first-order valence-electron chi connectivity index (χ1n) is 6.18. The Labute approximate surface area is 109 Å². The van der Waals surface area contributed by atoms with E-state index in [0.717, 1.165) is 5.56 Å². The van der Waals surface area contributed by atoms with E-state index in [1.807, 2.05) is 31.2 Å². The lowest BCUT2D eigenvalue weighted by atomic mass is 10.1. The van der Waals surface area contributed by atoms with E-state index in [9.17, 15) is 8.42 Å². The molecule has 102 valence electrons. The summed E-state index contributed by atoms with van der Waals surface area (Å²) in [6, 6.07) is 7.95. The van der Waals surface area contributed by atoms with Crippen molar-refractivity contribution >= 4 is 10.0 Å². The second-order valence-corrected chi connectivity index (χ2v) is 6.25. The summed E-state index contributed by atoms with van der Waals surface area (Å²) >= 11 is 0. The maximum Gasteiger partial charge on any atom is 0.211 e. The Morgan fingerprint density at radius 2 is 1.94 bits per heavy atom. The van der Waals surface area contributed by atoms with Gasteiger partial charge in [0.2, 0.25) is 10.0 Å². The largest absolute Gasteiger partial charge is 0.396 e. The standard InChI is InChI=1S/C13H21NO3S/c1-12-6-2-3-7-13(12)8-9-14-18(16,17)11-5-4-10-15/h2-3,6-7,14-15H,4-5,8-11H2,1H3. The molecule has 0 bridgehead atoms. The molecule has 4 nitrogen and oxygen atoms in total. The zero-order chi connectivity index (χ0) is 13.4. The van der Waals surface area contributed by atoms with Gasteiger partial charge in [0.05, 0.1) is 5.75 Å². The van der Waals surface area contributed by atoms with Crippen LogP contribution in [-0.4, -0.2) is 32.4 Å². The Hall–Kier alpha value is -0.910. The third-order valence-electron chi connectivity index (χ3n) is 2.80. The van der Waals surface area contributed by atoms with Crippen LogP contribution in [0.25, 0.3) is 0 Å². The molecule has 0 aliphatic heterocycles. The van der Waals surface area contributed by atoms with Crippen LogP contribution in [-0.2, 0) is 16.4 Å². The number of benzene rings is 1. The van der Waals surface area contributed by atoms with E-state index in [-0.39, 0.29) is 12.4 Å². The molecule has 5 heteroatoms. The van der Waals surface area contributed by atoms with Gasteiger partial charge in [-0.2, -0.15) is 0 Å². The number of nitrogens with one attached hydrogen (secondary N) is 1. The fourth-order valence-corrected chi connectivity index (χ4v) is 2.85. The maximum atomic E-state index is 11.6. The Balaban J connectivity index is 2.35. The SMILES string of the molecule is Cc1ccccc1CCNS(=O)(=O)CCCCO. The smallest absolute Gasteiger partial charge is 0.211 e. The summed E-state index contributed by atoms with van der Waals surface area (Å²) in [6.45, 7) is 2.48. The highest BCUT2D eigenvalue weighted by molar-refractivity contribution is 7.89. The van der Waals surface area contributed by atoms with Crippen LogP contribution in [0.15, 0.2) is 24.3 Å². The van der Waals surface area contributed by atoms with Crippen LogP contribution in [0.5, 0.6) is 0 Å². The maximum absolute atomic E-state index is 11.6. The third-order valence-corrected chi connectivity index (χ3v) is 4.27. The van der Waals surface area contributed by atoms with Crippen molar-refractivity contribution in [2.24, 2.45) is 0 Å². The van der Waals surface area contributed by atoms with Crippen LogP contribution < -0.4 is 4.72 Å². The highest BCUT2D eigenvalue weighted by Gasteiger charge is 2.09. The number of sulfonamides is 1. The van der Waals surface area contributed by atoms with Gasteiger partial charge in [0.15, 0.2) is 0 Å². The Morgan fingerprint density at radius 1 is 1.22 bits per heavy atom. The molecule has 2 N–H and O–H groups in total. The highest BCUT2D eigenvalue weighted by Crippen LogP contribution is 2.07. The Bertz CT molecular complexity index is 457. The van der Waals surface area contributed by atoms with Gasteiger partial charge in [-0.25, -0.2) is 13.1 Å². The van der Waals surface area contributed by atoms with Crippen molar-refractivity contribution in [3.05, 3.63) is 35.4 Å². The molecule has 1 aromatic rings. The minimum Gasteiger partial charge on any atom is -0.396 e. The normalized spacial score (nSPS) is 11.7. The molecular weight excluding hydrogens is 250 g/mol. The number of unbranched alkanes of at least 4 members (excludes halogenated alkanes) is 1. The second-order valence-electron chi connectivity index (χ2n) is 4.32. The topological polar surface area (TPSA) is 66.4 Å². The van der Waals surface area contributed by atoms with Crippen LogP contribution in [0.3, 0.4) is 0 Å². The Morgan fingerprint density at radius 3 is 2.61 bits per heavy atom. The molecule has 0 spiro atoms. The fraction of sp³-hybridized carbons (Fsp3) is 0.538. The predicted molar refractivity (Wildman–Crippen MR) is 73.0 cm³/mol. The number of rotatable bonds is 8. The molecule has 0 aromatic heterocycles. The van der Waals surface area contributed by atoms with Gasteiger partial charge in [-0.1, -0.05) is 24.3 Å². The van der Waals surface area contributed by atoms with Crippen molar-refractivity contribution in [1.82, 2.24) is 4.72 Å². The predicted octanol–water partition coefficient (Wildman–Crippen LogP) is 1.23. The second kappa shape index (κ2) is 7.51. The van der Waals surface area contributed by atoms with E-state index in [1.54, 1.807) is 0 Å². The summed E-state index contributed by atoms with van der Waals surface area (Å²) in [7, 11) is -3.20. The van der Waals surface area contributed by atoms with Crippen molar-refractivity contribution in [3.63, 3.8) is 0 Å². The van der Waals surface area contributed by atoms with Crippen molar-refractivity contribution in [2.75, 3.05) is 18.9 Å². The summed E-state index contributed by atoms with van der Waals surface area (Å²) < 4.78 is 25.8. The van der Waals surface area contributed by atoms with E-state index in [2.05, 4.69) is 4.72 Å². The summed E-state index contributed by atoms with van der Waals surface area (Å²) in [4.78, 5) is 0. The van der Waals surface area contributed by atoms with Crippen LogP contribution >= 0.6 is 0 Å². The number of hydrogen-bond acceptors (Lipinski definition) is 3. The van der Waals surface area contributed by atoms with Crippen molar-refractivity contribution in [2.45, 2.75) is 26.2 Å². The third kappa shape index (κ3) is 5.62. The highest BCUT2D eigenvalue weighted by atomic mass is 32.2. The summed E-state index contributed by atoms with van der Waals surface area (Å²) in [5, 5.41) is 8.60. The van der Waals surface area contributed by atoms with Gasteiger partial charge >= 0.3 is 0 Å². The molecule has 0 saturated carbocycles. The average molecular weight is 271 g/mol. The Kier molecular flexibility index (Phi) is 6.32. The van der Waals surface area contributed by atoms with Crippen molar-refractivity contribution in [3.8, 4) is 0 Å². The van der Waals surface area contributed by atoms with Gasteiger partial charge in [0, 0.05) is 13.2 Å². The van der Waals surface area contributed by atoms with Gasteiger partial charge in [0.25, 0.3) is 0 Å². The molecule has 0 aliphatic rings. The zero-order valence-corrected chi connectivity index (χ0v) is 11.5. The molecule has 0 unspecified atom stereocenters. The van der Waals surface area contributed by atoms with Crippen molar-refractivity contribution < 1.29 is 13.5 Å². The van der Waals surface area contributed by atoms with E-state index in [1.165, 1.54) is 5.56 Å². The summed E-state index contributed by atoms with van der Waals surface area (Å²) in [5.74, 6) is 0.0847. The molecule has 0 saturated heterocycles. The summed E-state index contributed by atoms with van der Waals surface area (Å²) in [5.41, 5.74) is 2.34. The minimum absolute atomic E-state index is 0.0404. The molecule has 0 fully saturated rings. The lowest BCUT2D eigenvalue weighted by Crippen LogP contribution is -2.28. The van der Waals surface area contributed by atoms with E-state index < -0.39 is 10.0 Å². The summed E-state index contributed by atoms with van der Waals surface area (Å²) in [6.07, 6.45) is 1.72. The molecule has 1 rings (SSSR count). The number of aryl methyl sites for hydroxylation is 1. The van der Waals surface area contributed by atoms with Crippen molar-refractivity contribution in [1.29, 1.82) is 0 Å². The number of aliphatic hydroxyl groups is 1. The monoisotopic (exact) mass is 271 g/mol. The van der Waals surface area contributed by atoms with Crippen LogP contribution in [0.2, 0.25) is 0 Å².